The maximum Gasteiger partial charge on any atom is 0.322 e. The average molecular weight is 346 g/mol. The normalized spacial score (nSPS) is 27.1. The van der Waals surface area contributed by atoms with Gasteiger partial charge in [-0.05, 0) is 40.2 Å². The summed E-state index contributed by atoms with van der Waals surface area (Å²) in [5, 5.41) is 5.17. The third-order valence-electron chi connectivity index (χ3n) is 5.52. The lowest BCUT2D eigenvalue weighted by Gasteiger charge is -2.39. The molecule has 0 saturated carbocycles. The molecule has 2 atom stereocenters. The van der Waals surface area contributed by atoms with E-state index in [-0.39, 0.29) is 11.8 Å². The van der Waals surface area contributed by atoms with Crippen molar-refractivity contribution < 1.29 is 14.3 Å². The van der Waals surface area contributed by atoms with Crippen molar-refractivity contribution in [2.75, 3.05) is 20.2 Å². The highest BCUT2D eigenvalue weighted by atomic mass is 16.5. The highest BCUT2D eigenvalue weighted by Crippen LogP contribution is 2.31. The zero-order valence-corrected chi connectivity index (χ0v) is 15.3. The second kappa shape index (κ2) is 6.63. The first-order valence-corrected chi connectivity index (χ1v) is 8.70. The van der Waals surface area contributed by atoms with Gasteiger partial charge in [0.25, 0.3) is 5.91 Å². The molecule has 0 aliphatic carbocycles. The number of urea groups is 1. The first-order valence-electron chi connectivity index (χ1n) is 8.70. The van der Waals surface area contributed by atoms with Crippen LogP contribution in [0, 0.1) is 19.8 Å². The first-order chi connectivity index (χ1) is 11.8. The molecular weight excluding hydrogens is 320 g/mol. The van der Waals surface area contributed by atoms with E-state index in [4.69, 9.17) is 4.74 Å². The number of nitrogens with one attached hydrogen (secondary N) is 2. The van der Waals surface area contributed by atoms with Crippen molar-refractivity contribution in [1.29, 1.82) is 0 Å². The van der Waals surface area contributed by atoms with Crippen molar-refractivity contribution in [2.24, 2.45) is 5.92 Å². The number of carbonyl (C=O) groups excluding carboxylic acids is 2. The Morgan fingerprint density at radius 3 is 2.80 bits per heavy atom. The van der Waals surface area contributed by atoms with E-state index < -0.39 is 11.6 Å². The molecule has 1 aromatic rings. The summed E-state index contributed by atoms with van der Waals surface area (Å²) in [5.41, 5.74) is 2.25. The zero-order chi connectivity index (χ0) is 18.2. The Hall–Kier alpha value is -2.15. The molecule has 25 heavy (non-hydrogen) atoms. The molecular formula is C18H26N4O3. The summed E-state index contributed by atoms with van der Waals surface area (Å²) in [4.78, 5) is 30.6. The smallest absolute Gasteiger partial charge is 0.322 e. The molecule has 2 aliphatic rings. The molecule has 3 rings (SSSR count). The van der Waals surface area contributed by atoms with Crippen molar-refractivity contribution in [1.82, 2.24) is 20.5 Å². The third-order valence-corrected chi connectivity index (χ3v) is 5.52. The van der Waals surface area contributed by atoms with Gasteiger partial charge in [-0.2, -0.15) is 0 Å². The molecule has 2 N–H and O–H groups in total. The lowest BCUT2D eigenvalue weighted by Crippen LogP contribution is -2.55. The molecule has 7 heteroatoms. The molecule has 136 valence electrons. The number of hydrogen-bond donors (Lipinski definition) is 2. The maximum absolute atomic E-state index is 12.2. The van der Waals surface area contributed by atoms with E-state index in [9.17, 15) is 9.59 Å². The van der Waals surface area contributed by atoms with E-state index >= 15 is 0 Å². The molecule has 0 spiro atoms. The lowest BCUT2D eigenvalue weighted by atomic mass is 9.80. The summed E-state index contributed by atoms with van der Waals surface area (Å²) >= 11 is 0. The van der Waals surface area contributed by atoms with Crippen LogP contribution in [0.1, 0.15) is 36.6 Å². The number of ether oxygens (including phenoxy) is 1. The van der Waals surface area contributed by atoms with Gasteiger partial charge in [-0.15, -0.1) is 0 Å². The van der Waals surface area contributed by atoms with E-state index in [0.29, 0.717) is 6.54 Å². The van der Waals surface area contributed by atoms with Gasteiger partial charge in [-0.1, -0.05) is 0 Å². The molecule has 0 aromatic carbocycles. The van der Waals surface area contributed by atoms with Crippen LogP contribution in [-0.2, 0) is 11.3 Å². The van der Waals surface area contributed by atoms with E-state index in [1.807, 2.05) is 27.0 Å². The Labute approximate surface area is 148 Å². The van der Waals surface area contributed by atoms with Crippen molar-refractivity contribution in [3.63, 3.8) is 0 Å². The van der Waals surface area contributed by atoms with Crippen molar-refractivity contribution in [3.8, 4) is 5.75 Å². The summed E-state index contributed by atoms with van der Waals surface area (Å²) < 4.78 is 5.49. The van der Waals surface area contributed by atoms with Crippen LogP contribution in [0.5, 0.6) is 5.75 Å². The minimum Gasteiger partial charge on any atom is -0.496 e. The summed E-state index contributed by atoms with van der Waals surface area (Å²) in [7, 11) is 1.68. The summed E-state index contributed by atoms with van der Waals surface area (Å²) in [5.74, 6) is 0.740. The van der Waals surface area contributed by atoms with Crippen LogP contribution in [0.2, 0.25) is 0 Å². The van der Waals surface area contributed by atoms with Gasteiger partial charge < -0.3 is 10.1 Å². The Bertz CT molecular complexity index is 706. The van der Waals surface area contributed by atoms with Crippen LogP contribution in [0.3, 0.4) is 0 Å². The standard InChI is InChI=1S/C18H26N4O3/c1-11-8-19-14(12(2)15(11)25-4)10-22-7-5-6-13(9-22)18(3)16(23)20-17(24)21-18/h8,13H,5-7,9-10H2,1-4H3,(H2,20,21,23,24). The monoisotopic (exact) mass is 346 g/mol. The molecule has 2 aliphatic heterocycles. The van der Waals surface area contributed by atoms with E-state index in [2.05, 4.69) is 20.5 Å². The SMILES string of the molecule is COc1c(C)cnc(CN2CCCC(C3(C)NC(=O)NC3=O)C2)c1C. The number of piperidine rings is 1. The van der Waals surface area contributed by atoms with Gasteiger partial charge >= 0.3 is 6.03 Å². The van der Waals surface area contributed by atoms with Crippen molar-refractivity contribution >= 4 is 11.9 Å². The molecule has 2 fully saturated rings. The van der Waals surface area contributed by atoms with Crippen molar-refractivity contribution in [2.45, 2.75) is 45.7 Å². The molecule has 7 nitrogen and oxygen atoms in total. The number of amides is 3. The van der Waals surface area contributed by atoms with Gasteiger partial charge in [0.15, 0.2) is 0 Å². The van der Waals surface area contributed by atoms with Gasteiger partial charge in [0.2, 0.25) is 0 Å². The Morgan fingerprint density at radius 1 is 1.40 bits per heavy atom. The van der Waals surface area contributed by atoms with Crippen LogP contribution < -0.4 is 15.4 Å². The van der Waals surface area contributed by atoms with Gasteiger partial charge in [-0.25, -0.2) is 4.79 Å². The van der Waals surface area contributed by atoms with Gasteiger partial charge in [0.1, 0.15) is 11.3 Å². The molecule has 3 heterocycles. The van der Waals surface area contributed by atoms with Gasteiger partial charge in [0.05, 0.1) is 12.8 Å². The minimum atomic E-state index is -0.830. The lowest BCUT2D eigenvalue weighted by molar-refractivity contribution is -0.126. The summed E-state index contributed by atoms with van der Waals surface area (Å²) in [6, 6.07) is -0.398. The largest absolute Gasteiger partial charge is 0.496 e. The first kappa shape index (κ1) is 17.7. The number of aromatic nitrogens is 1. The Balaban J connectivity index is 1.75. The summed E-state index contributed by atoms with van der Waals surface area (Å²) in [6.45, 7) is 8.26. The van der Waals surface area contributed by atoms with Gasteiger partial charge in [0, 0.05) is 36.3 Å². The summed E-state index contributed by atoms with van der Waals surface area (Å²) in [6.07, 6.45) is 3.75. The molecule has 0 bridgehead atoms. The zero-order valence-electron chi connectivity index (χ0n) is 15.3. The number of aryl methyl sites for hydroxylation is 1. The second-order valence-corrected chi connectivity index (χ2v) is 7.23. The predicted octanol–water partition coefficient (Wildman–Crippen LogP) is 1.52. The van der Waals surface area contributed by atoms with Crippen LogP contribution in [-0.4, -0.2) is 47.6 Å². The highest BCUT2D eigenvalue weighted by molar-refractivity contribution is 6.07. The van der Waals surface area contributed by atoms with E-state index in [1.165, 1.54) is 0 Å². The topological polar surface area (TPSA) is 83.6 Å². The molecule has 1 aromatic heterocycles. The molecule has 0 radical (unpaired) electrons. The van der Waals surface area contributed by atoms with Crippen LogP contribution in [0.25, 0.3) is 0 Å². The fraction of sp³-hybridized carbons (Fsp3) is 0.611. The van der Waals surface area contributed by atoms with E-state index in [0.717, 1.165) is 48.5 Å². The Kier molecular flexibility index (Phi) is 4.69. The fourth-order valence-electron chi connectivity index (χ4n) is 3.96. The molecule has 2 saturated heterocycles. The number of imide groups is 1. The Morgan fingerprint density at radius 2 is 2.16 bits per heavy atom. The average Bonchev–Trinajstić information content (AvgIpc) is 2.84. The van der Waals surface area contributed by atoms with Crippen LogP contribution in [0.4, 0.5) is 4.79 Å². The van der Waals surface area contributed by atoms with Crippen LogP contribution >= 0.6 is 0 Å². The number of methoxy groups -OCH3 is 1. The number of rotatable bonds is 4. The van der Waals surface area contributed by atoms with Gasteiger partial charge in [-0.3, -0.25) is 20.0 Å². The second-order valence-electron chi connectivity index (χ2n) is 7.23. The number of nitrogens with zero attached hydrogens (tertiary/aromatic N) is 2. The predicted molar refractivity (Wildman–Crippen MR) is 93.3 cm³/mol. The number of pyridine rings is 1. The third kappa shape index (κ3) is 3.20. The fourth-order valence-corrected chi connectivity index (χ4v) is 3.96. The number of carbonyl (C=O) groups is 2. The minimum absolute atomic E-state index is 0.0837. The maximum atomic E-state index is 12.2. The quantitative estimate of drug-likeness (QED) is 0.808. The highest BCUT2D eigenvalue weighted by Gasteiger charge is 2.48. The number of hydrogen-bond acceptors (Lipinski definition) is 5. The number of likely N-dealkylation sites (tertiary alicyclic amines) is 1. The molecule has 2 unspecified atom stereocenters. The molecule has 3 amide bonds. The van der Waals surface area contributed by atoms with Crippen molar-refractivity contribution in [3.05, 3.63) is 23.0 Å². The van der Waals surface area contributed by atoms with Crippen LogP contribution in [0.15, 0.2) is 6.20 Å². The van der Waals surface area contributed by atoms with E-state index in [1.54, 1.807) is 7.11 Å².